The third-order valence-corrected chi connectivity index (χ3v) is 6.40. The highest BCUT2D eigenvalue weighted by Crippen LogP contribution is 2.32. The van der Waals surface area contributed by atoms with Crippen molar-refractivity contribution in [1.29, 1.82) is 0 Å². The molecule has 7 nitrogen and oxygen atoms in total. The zero-order valence-corrected chi connectivity index (χ0v) is 18.6. The number of carbonyl (C=O) groups is 3. The van der Waals surface area contributed by atoms with Gasteiger partial charge in [-0.3, -0.25) is 14.4 Å². The highest BCUT2D eigenvalue weighted by molar-refractivity contribution is 6.08. The second kappa shape index (κ2) is 8.73. The predicted octanol–water partition coefficient (Wildman–Crippen LogP) is 4.12. The smallest absolute Gasteiger partial charge is 0.287 e. The maximum Gasteiger partial charge on any atom is 0.287 e. The van der Waals surface area contributed by atoms with Gasteiger partial charge in [0.1, 0.15) is 5.76 Å². The molecular formula is C26H27N3O4. The number of hydrogen-bond donors (Lipinski definition) is 2. The summed E-state index contributed by atoms with van der Waals surface area (Å²) in [5.41, 5.74) is 1.08. The fourth-order valence-corrected chi connectivity index (χ4v) is 4.31. The van der Waals surface area contributed by atoms with Crippen LogP contribution in [0, 0.1) is 12.8 Å². The van der Waals surface area contributed by atoms with Crippen molar-refractivity contribution in [2.24, 2.45) is 5.92 Å². The Hall–Kier alpha value is -3.61. The lowest BCUT2D eigenvalue weighted by Crippen LogP contribution is -2.46. The summed E-state index contributed by atoms with van der Waals surface area (Å²) in [6, 6.07) is 15.0. The van der Waals surface area contributed by atoms with Gasteiger partial charge in [-0.1, -0.05) is 24.3 Å². The second-order valence-corrected chi connectivity index (χ2v) is 8.96. The van der Waals surface area contributed by atoms with Crippen LogP contribution in [0.2, 0.25) is 0 Å². The standard InChI is InChI=1S/C26H27N3O4/c1-16-6-9-23(33-16)25(31)27-20-10-12-29(13-11-20)26(32)21-14-18-4-2-3-5-19(18)15-22(21)28-24(30)17-7-8-17/h2-6,9,14-15,17,20H,7-8,10-13H2,1H3,(H,27,31)(H,28,30). The van der Waals surface area contributed by atoms with Crippen LogP contribution in [0.5, 0.6) is 0 Å². The number of anilines is 1. The zero-order chi connectivity index (χ0) is 22.9. The molecule has 7 heteroatoms. The SMILES string of the molecule is Cc1ccc(C(=O)NC2CCN(C(=O)c3cc4ccccc4cc3NC(=O)C3CC3)CC2)o1. The molecule has 0 radical (unpaired) electrons. The monoisotopic (exact) mass is 445 g/mol. The fraction of sp³-hybridized carbons (Fsp3) is 0.346. The highest BCUT2D eigenvalue weighted by atomic mass is 16.3. The van der Waals surface area contributed by atoms with Crippen LogP contribution in [0.25, 0.3) is 10.8 Å². The van der Waals surface area contributed by atoms with E-state index in [-0.39, 0.29) is 29.7 Å². The van der Waals surface area contributed by atoms with Crippen molar-refractivity contribution < 1.29 is 18.8 Å². The number of fused-ring (bicyclic) bond motifs is 1. The number of furan rings is 1. The molecule has 1 aromatic heterocycles. The molecule has 2 fully saturated rings. The summed E-state index contributed by atoms with van der Waals surface area (Å²) >= 11 is 0. The minimum Gasteiger partial charge on any atom is -0.456 e. The van der Waals surface area contributed by atoms with Gasteiger partial charge >= 0.3 is 0 Å². The van der Waals surface area contributed by atoms with Crippen molar-refractivity contribution in [3.8, 4) is 0 Å². The van der Waals surface area contributed by atoms with Gasteiger partial charge in [-0.05, 0) is 67.6 Å². The molecule has 170 valence electrons. The van der Waals surface area contributed by atoms with Crippen LogP contribution in [-0.4, -0.2) is 41.8 Å². The molecule has 2 heterocycles. The number of nitrogens with one attached hydrogen (secondary N) is 2. The van der Waals surface area contributed by atoms with E-state index in [1.807, 2.05) is 36.4 Å². The van der Waals surface area contributed by atoms with Gasteiger partial charge in [-0.15, -0.1) is 0 Å². The topological polar surface area (TPSA) is 91.7 Å². The van der Waals surface area contributed by atoms with Crippen molar-refractivity contribution in [1.82, 2.24) is 10.2 Å². The third kappa shape index (κ3) is 4.62. The molecule has 3 aromatic rings. The minimum absolute atomic E-state index is 0.0161. The summed E-state index contributed by atoms with van der Waals surface area (Å²) in [6.07, 6.45) is 3.13. The molecule has 0 bridgehead atoms. The van der Waals surface area contributed by atoms with E-state index in [1.165, 1.54) is 0 Å². The van der Waals surface area contributed by atoms with Crippen LogP contribution < -0.4 is 10.6 Å². The summed E-state index contributed by atoms with van der Waals surface area (Å²) < 4.78 is 5.39. The number of hydrogen-bond acceptors (Lipinski definition) is 4. The van der Waals surface area contributed by atoms with Crippen LogP contribution >= 0.6 is 0 Å². The number of likely N-dealkylation sites (tertiary alicyclic amines) is 1. The summed E-state index contributed by atoms with van der Waals surface area (Å²) in [6.45, 7) is 2.86. The summed E-state index contributed by atoms with van der Waals surface area (Å²) in [4.78, 5) is 40.1. The van der Waals surface area contributed by atoms with Gasteiger partial charge in [0.2, 0.25) is 5.91 Å². The Kier molecular flexibility index (Phi) is 5.62. The largest absolute Gasteiger partial charge is 0.456 e. The van der Waals surface area contributed by atoms with E-state index in [0.29, 0.717) is 48.7 Å². The van der Waals surface area contributed by atoms with E-state index in [0.717, 1.165) is 23.6 Å². The first-order valence-corrected chi connectivity index (χ1v) is 11.5. The van der Waals surface area contributed by atoms with Crippen molar-refractivity contribution in [2.45, 2.75) is 38.6 Å². The number of rotatable bonds is 5. The van der Waals surface area contributed by atoms with Gasteiger partial charge in [0, 0.05) is 25.0 Å². The van der Waals surface area contributed by atoms with Crippen molar-refractivity contribution in [3.05, 3.63) is 65.6 Å². The molecule has 2 N–H and O–H groups in total. The lowest BCUT2D eigenvalue weighted by Gasteiger charge is -2.32. The van der Waals surface area contributed by atoms with E-state index in [9.17, 15) is 14.4 Å². The molecule has 5 rings (SSSR count). The highest BCUT2D eigenvalue weighted by Gasteiger charge is 2.31. The third-order valence-electron chi connectivity index (χ3n) is 6.40. The average molecular weight is 446 g/mol. The maximum absolute atomic E-state index is 13.5. The van der Waals surface area contributed by atoms with Gasteiger partial charge in [-0.25, -0.2) is 0 Å². The normalized spacial score (nSPS) is 16.6. The van der Waals surface area contributed by atoms with Gasteiger partial charge in [0.15, 0.2) is 5.76 Å². The molecular weight excluding hydrogens is 418 g/mol. The Bertz CT molecular complexity index is 1220. The Labute approximate surface area is 192 Å². The molecule has 1 saturated carbocycles. The van der Waals surface area contributed by atoms with E-state index in [4.69, 9.17) is 4.42 Å². The van der Waals surface area contributed by atoms with E-state index in [2.05, 4.69) is 10.6 Å². The summed E-state index contributed by atoms with van der Waals surface area (Å²) in [5, 5.41) is 7.93. The first-order valence-electron chi connectivity index (χ1n) is 11.5. The molecule has 1 aliphatic carbocycles. The molecule has 1 aliphatic heterocycles. The molecule has 0 spiro atoms. The average Bonchev–Trinajstić information content (AvgIpc) is 3.59. The van der Waals surface area contributed by atoms with Gasteiger partial charge in [0.05, 0.1) is 11.3 Å². The minimum atomic E-state index is -0.229. The number of carbonyl (C=O) groups excluding carboxylic acids is 3. The Morgan fingerprint density at radius 2 is 1.64 bits per heavy atom. The number of amides is 3. The molecule has 0 atom stereocenters. The van der Waals surface area contributed by atoms with Crippen molar-refractivity contribution in [3.63, 3.8) is 0 Å². The number of benzene rings is 2. The summed E-state index contributed by atoms with van der Waals surface area (Å²) in [5.74, 6) is 0.704. The van der Waals surface area contributed by atoms with Crippen LogP contribution in [0.15, 0.2) is 52.9 Å². The van der Waals surface area contributed by atoms with Crippen LogP contribution in [0.3, 0.4) is 0 Å². The van der Waals surface area contributed by atoms with Crippen LogP contribution in [0.4, 0.5) is 5.69 Å². The number of nitrogens with zero attached hydrogens (tertiary/aromatic N) is 1. The van der Waals surface area contributed by atoms with Crippen LogP contribution in [0.1, 0.15) is 52.4 Å². The van der Waals surface area contributed by atoms with Gasteiger partial charge in [0.25, 0.3) is 11.8 Å². The molecule has 0 unspecified atom stereocenters. The van der Waals surface area contributed by atoms with Gasteiger partial charge < -0.3 is 20.0 Å². The second-order valence-electron chi connectivity index (χ2n) is 8.96. The van der Waals surface area contributed by atoms with E-state index in [1.54, 1.807) is 24.0 Å². The maximum atomic E-state index is 13.5. The lowest BCUT2D eigenvalue weighted by atomic mass is 10.0. The van der Waals surface area contributed by atoms with E-state index < -0.39 is 0 Å². The predicted molar refractivity (Wildman–Crippen MR) is 125 cm³/mol. The fourth-order valence-electron chi connectivity index (χ4n) is 4.31. The molecule has 33 heavy (non-hydrogen) atoms. The Balaban J connectivity index is 1.29. The molecule has 2 aliphatic rings. The molecule has 2 aromatic carbocycles. The lowest BCUT2D eigenvalue weighted by molar-refractivity contribution is -0.117. The van der Waals surface area contributed by atoms with Crippen LogP contribution in [-0.2, 0) is 4.79 Å². The molecule has 3 amide bonds. The Morgan fingerprint density at radius 1 is 0.939 bits per heavy atom. The summed E-state index contributed by atoms with van der Waals surface area (Å²) in [7, 11) is 0. The van der Waals surface area contributed by atoms with Gasteiger partial charge in [-0.2, -0.15) is 0 Å². The molecule has 1 saturated heterocycles. The zero-order valence-electron chi connectivity index (χ0n) is 18.6. The number of piperidine rings is 1. The van der Waals surface area contributed by atoms with Crippen molar-refractivity contribution >= 4 is 34.2 Å². The number of aryl methyl sites for hydroxylation is 1. The van der Waals surface area contributed by atoms with E-state index >= 15 is 0 Å². The Morgan fingerprint density at radius 3 is 2.27 bits per heavy atom. The quantitative estimate of drug-likeness (QED) is 0.618. The first-order chi connectivity index (χ1) is 16.0. The van der Waals surface area contributed by atoms with Crippen molar-refractivity contribution in [2.75, 3.05) is 18.4 Å². The first kappa shape index (κ1) is 21.2.